The third-order valence-corrected chi connectivity index (χ3v) is 2.28. The van der Waals surface area contributed by atoms with E-state index in [9.17, 15) is 9.18 Å². The molecule has 0 heterocycles. The molecule has 1 aromatic carbocycles. The van der Waals surface area contributed by atoms with Crippen LogP contribution in [0.25, 0.3) is 0 Å². The highest BCUT2D eigenvalue weighted by molar-refractivity contribution is 6.33. The third kappa shape index (κ3) is 2.13. The van der Waals surface area contributed by atoms with Crippen molar-refractivity contribution < 1.29 is 9.18 Å². The maximum Gasteiger partial charge on any atom is 0.180 e. The average molecular weight is 215 g/mol. The Labute approximate surface area is 87.9 Å². The van der Waals surface area contributed by atoms with Crippen molar-refractivity contribution in [3.05, 3.63) is 34.6 Å². The van der Waals surface area contributed by atoms with Crippen LogP contribution >= 0.6 is 11.6 Å². The number of rotatable bonds is 2. The van der Waals surface area contributed by atoms with Crippen LogP contribution in [0.4, 0.5) is 4.39 Å². The molecule has 0 aliphatic heterocycles. The molecule has 1 atom stereocenters. The molecule has 0 aromatic heterocycles. The number of halogens is 2. The van der Waals surface area contributed by atoms with E-state index < -0.39 is 5.38 Å². The number of carbonyl (C=O) groups excluding carboxylic acids is 1. The van der Waals surface area contributed by atoms with Gasteiger partial charge < -0.3 is 0 Å². The molecule has 0 spiro atoms. The first-order valence-corrected chi connectivity index (χ1v) is 4.82. The van der Waals surface area contributed by atoms with Crippen LogP contribution in [0.1, 0.15) is 28.4 Å². The molecule has 1 nitrogen and oxygen atoms in total. The predicted octanol–water partition coefficient (Wildman–Crippen LogP) is 3.25. The smallest absolute Gasteiger partial charge is 0.180 e. The molecule has 1 rings (SSSR count). The van der Waals surface area contributed by atoms with E-state index in [1.54, 1.807) is 20.8 Å². The van der Waals surface area contributed by atoms with Gasteiger partial charge in [0.2, 0.25) is 0 Å². The van der Waals surface area contributed by atoms with E-state index in [0.717, 1.165) is 0 Å². The lowest BCUT2D eigenvalue weighted by molar-refractivity contribution is 0.0991. The predicted molar refractivity (Wildman–Crippen MR) is 55.5 cm³/mol. The van der Waals surface area contributed by atoms with Crippen molar-refractivity contribution >= 4 is 17.4 Å². The molecular formula is C11H12ClFO. The number of hydrogen-bond acceptors (Lipinski definition) is 1. The minimum Gasteiger partial charge on any atom is -0.293 e. The van der Waals surface area contributed by atoms with E-state index >= 15 is 0 Å². The lowest BCUT2D eigenvalue weighted by atomic mass is 10.0. The van der Waals surface area contributed by atoms with E-state index in [1.807, 2.05) is 0 Å². The Hall–Kier alpha value is -0.890. The fraction of sp³-hybridized carbons (Fsp3) is 0.364. The normalized spacial score (nSPS) is 12.6. The second-order valence-corrected chi connectivity index (χ2v) is 4.06. The van der Waals surface area contributed by atoms with Gasteiger partial charge in [0.25, 0.3) is 0 Å². The number of alkyl halides is 1. The van der Waals surface area contributed by atoms with Gasteiger partial charge in [0.1, 0.15) is 5.82 Å². The molecular weight excluding hydrogens is 203 g/mol. The monoisotopic (exact) mass is 214 g/mol. The second kappa shape index (κ2) is 4.09. The van der Waals surface area contributed by atoms with Crippen LogP contribution in [0.2, 0.25) is 0 Å². The zero-order valence-corrected chi connectivity index (χ0v) is 9.15. The van der Waals surface area contributed by atoms with Gasteiger partial charge in [-0.2, -0.15) is 0 Å². The minimum atomic E-state index is -0.570. The molecule has 0 saturated heterocycles. The molecule has 0 aliphatic carbocycles. The number of benzene rings is 1. The van der Waals surface area contributed by atoms with Crippen LogP contribution in [0, 0.1) is 19.7 Å². The van der Waals surface area contributed by atoms with E-state index in [-0.39, 0.29) is 11.6 Å². The molecule has 1 aromatic rings. The molecule has 1 unspecified atom stereocenters. The van der Waals surface area contributed by atoms with Crippen LogP contribution in [0.5, 0.6) is 0 Å². The van der Waals surface area contributed by atoms with Crippen molar-refractivity contribution in [1.82, 2.24) is 0 Å². The van der Waals surface area contributed by atoms with Crippen LogP contribution in [0.3, 0.4) is 0 Å². The van der Waals surface area contributed by atoms with Gasteiger partial charge in [-0.25, -0.2) is 4.39 Å². The van der Waals surface area contributed by atoms with Crippen molar-refractivity contribution in [3.63, 3.8) is 0 Å². The highest BCUT2D eigenvalue weighted by Crippen LogP contribution is 2.17. The van der Waals surface area contributed by atoms with Gasteiger partial charge in [-0.05, 0) is 44.0 Å². The summed E-state index contributed by atoms with van der Waals surface area (Å²) in [5.41, 5.74) is 1.43. The lowest BCUT2D eigenvalue weighted by Gasteiger charge is -2.06. The number of hydrogen-bond donors (Lipinski definition) is 0. The van der Waals surface area contributed by atoms with Gasteiger partial charge in [0.15, 0.2) is 5.78 Å². The Morgan fingerprint density at radius 3 is 2.14 bits per heavy atom. The highest BCUT2D eigenvalue weighted by Gasteiger charge is 2.14. The van der Waals surface area contributed by atoms with Gasteiger partial charge in [0.05, 0.1) is 5.38 Å². The summed E-state index contributed by atoms with van der Waals surface area (Å²) >= 11 is 5.66. The molecule has 14 heavy (non-hydrogen) atoms. The third-order valence-electron chi connectivity index (χ3n) is 2.08. The lowest BCUT2D eigenvalue weighted by Crippen LogP contribution is -2.11. The molecule has 0 bridgehead atoms. The Balaban J connectivity index is 3.19. The van der Waals surface area contributed by atoms with Gasteiger partial charge >= 0.3 is 0 Å². The molecule has 3 heteroatoms. The van der Waals surface area contributed by atoms with Crippen LogP contribution in [-0.2, 0) is 0 Å². The van der Waals surface area contributed by atoms with Crippen LogP contribution < -0.4 is 0 Å². The summed E-state index contributed by atoms with van der Waals surface area (Å²) in [5.74, 6) is -0.429. The van der Waals surface area contributed by atoms with Crippen molar-refractivity contribution in [2.75, 3.05) is 0 Å². The Morgan fingerprint density at radius 2 is 1.79 bits per heavy atom. The Kier molecular flexibility index (Phi) is 3.27. The summed E-state index contributed by atoms with van der Waals surface area (Å²) in [6, 6.07) is 3.06. The second-order valence-electron chi connectivity index (χ2n) is 3.40. The maximum atomic E-state index is 13.2. The fourth-order valence-electron chi connectivity index (χ4n) is 1.32. The molecule has 76 valence electrons. The first kappa shape index (κ1) is 11.2. The first-order chi connectivity index (χ1) is 6.43. The standard InChI is InChI=1S/C11H12ClFO/c1-6-4-9(11(14)8(3)12)5-7(2)10(6)13/h4-5,8H,1-3H3. The van der Waals surface area contributed by atoms with Crippen molar-refractivity contribution in [2.45, 2.75) is 26.1 Å². The van der Waals surface area contributed by atoms with Crippen molar-refractivity contribution in [3.8, 4) is 0 Å². The largest absolute Gasteiger partial charge is 0.293 e. The van der Waals surface area contributed by atoms with Gasteiger partial charge in [0, 0.05) is 5.56 Å². The molecule has 0 saturated carbocycles. The SMILES string of the molecule is Cc1cc(C(=O)C(C)Cl)cc(C)c1F. The molecule has 0 radical (unpaired) electrons. The number of ketones is 1. The molecule has 0 N–H and O–H groups in total. The van der Waals surface area contributed by atoms with Gasteiger partial charge in [-0.3, -0.25) is 4.79 Å². The van der Waals surface area contributed by atoms with E-state index in [2.05, 4.69) is 0 Å². The minimum absolute atomic E-state index is 0.169. The number of aryl methyl sites for hydroxylation is 2. The average Bonchev–Trinajstić information content (AvgIpc) is 2.12. The van der Waals surface area contributed by atoms with Gasteiger partial charge in [-0.15, -0.1) is 11.6 Å². The fourth-order valence-corrected chi connectivity index (χ4v) is 1.44. The Bertz CT molecular complexity index is 349. The molecule has 0 fully saturated rings. The van der Waals surface area contributed by atoms with Crippen LogP contribution in [-0.4, -0.2) is 11.2 Å². The summed E-state index contributed by atoms with van der Waals surface area (Å²) in [6.45, 7) is 4.88. The summed E-state index contributed by atoms with van der Waals surface area (Å²) in [6.07, 6.45) is 0. The molecule has 0 amide bonds. The van der Waals surface area contributed by atoms with Crippen molar-refractivity contribution in [2.24, 2.45) is 0 Å². The number of carbonyl (C=O) groups is 1. The van der Waals surface area contributed by atoms with E-state index in [0.29, 0.717) is 16.7 Å². The first-order valence-electron chi connectivity index (χ1n) is 4.38. The Morgan fingerprint density at radius 1 is 1.36 bits per heavy atom. The van der Waals surface area contributed by atoms with Gasteiger partial charge in [-0.1, -0.05) is 0 Å². The summed E-state index contributed by atoms with van der Waals surface area (Å²) in [7, 11) is 0. The maximum absolute atomic E-state index is 13.2. The summed E-state index contributed by atoms with van der Waals surface area (Å²) in [4.78, 5) is 11.5. The van der Waals surface area contributed by atoms with E-state index in [4.69, 9.17) is 11.6 Å². The number of Topliss-reactive ketones (excluding diaryl/α,β-unsaturated/α-hetero) is 1. The summed E-state index contributed by atoms with van der Waals surface area (Å²) in [5, 5.41) is -0.570. The zero-order valence-electron chi connectivity index (χ0n) is 8.40. The highest BCUT2D eigenvalue weighted by atomic mass is 35.5. The topological polar surface area (TPSA) is 17.1 Å². The van der Waals surface area contributed by atoms with Crippen LogP contribution in [0.15, 0.2) is 12.1 Å². The van der Waals surface area contributed by atoms with Crippen molar-refractivity contribution in [1.29, 1.82) is 0 Å². The molecule has 0 aliphatic rings. The van der Waals surface area contributed by atoms with E-state index in [1.165, 1.54) is 12.1 Å². The zero-order chi connectivity index (χ0) is 10.9. The summed E-state index contributed by atoms with van der Waals surface area (Å²) < 4.78 is 13.2. The quantitative estimate of drug-likeness (QED) is 0.546.